The van der Waals surface area contributed by atoms with Crippen molar-refractivity contribution in [2.24, 2.45) is 0 Å². The Kier molecular flexibility index (Phi) is 4.51. The van der Waals surface area contributed by atoms with Gasteiger partial charge in [0, 0.05) is 18.3 Å². The number of nitrogens with one attached hydrogen (secondary N) is 1. The minimum Gasteiger partial charge on any atom is -0.360 e. The fraction of sp³-hybridized carbons (Fsp3) is 0.316. The van der Waals surface area contributed by atoms with E-state index in [1.807, 2.05) is 32.0 Å². The molecule has 3 nitrogen and oxygen atoms in total. The van der Waals surface area contributed by atoms with Gasteiger partial charge < -0.3 is 10.2 Å². The largest absolute Gasteiger partial charge is 0.360 e. The zero-order valence-electron chi connectivity index (χ0n) is 13.8. The lowest BCUT2D eigenvalue weighted by Gasteiger charge is -2.31. The van der Waals surface area contributed by atoms with Gasteiger partial charge in [0.1, 0.15) is 11.6 Å². The van der Waals surface area contributed by atoms with E-state index in [1.54, 1.807) is 4.90 Å². The average Bonchev–Trinajstić information content (AvgIpc) is 2.50. The molecule has 0 unspecified atom stereocenters. The van der Waals surface area contributed by atoms with Crippen LogP contribution in [-0.4, -0.2) is 19.0 Å². The van der Waals surface area contributed by atoms with Crippen LogP contribution in [0.5, 0.6) is 0 Å². The number of benzene rings is 2. The number of hydrogen-bond acceptors (Lipinski definition) is 2. The summed E-state index contributed by atoms with van der Waals surface area (Å²) in [6.45, 7) is 4.51. The highest BCUT2D eigenvalue weighted by atomic mass is 19.1. The maximum absolute atomic E-state index is 14.2. The molecule has 1 N–H and O–H groups in total. The van der Waals surface area contributed by atoms with Crippen molar-refractivity contribution >= 4 is 17.3 Å². The van der Waals surface area contributed by atoms with Crippen molar-refractivity contribution in [2.75, 3.05) is 23.3 Å². The van der Waals surface area contributed by atoms with Gasteiger partial charge in [-0.25, -0.2) is 8.78 Å². The molecular weight excluding hydrogens is 310 g/mol. The van der Waals surface area contributed by atoms with Gasteiger partial charge in [-0.2, -0.15) is 0 Å². The first kappa shape index (κ1) is 16.4. The molecule has 5 heteroatoms. The van der Waals surface area contributed by atoms with Crippen LogP contribution < -0.4 is 10.2 Å². The van der Waals surface area contributed by atoms with E-state index in [4.69, 9.17) is 0 Å². The zero-order chi connectivity index (χ0) is 17.3. The predicted molar refractivity (Wildman–Crippen MR) is 91.4 cm³/mol. The summed E-state index contributed by atoms with van der Waals surface area (Å²) in [5, 5.41) is 2.88. The highest BCUT2D eigenvalue weighted by Crippen LogP contribution is 2.30. The summed E-state index contributed by atoms with van der Waals surface area (Å²) < 4.78 is 27.5. The van der Waals surface area contributed by atoms with Crippen molar-refractivity contribution in [3.63, 3.8) is 0 Å². The smallest absolute Gasteiger partial charge is 0.243 e. The van der Waals surface area contributed by atoms with Crippen LogP contribution in [0.3, 0.4) is 0 Å². The highest BCUT2D eigenvalue weighted by Gasteiger charge is 2.23. The lowest BCUT2D eigenvalue weighted by Crippen LogP contribution is -2.37. The van der Waals surface area contributed by atoms with E-state index >= 15 is 0 Å². The molecule has 0 radical (unpaired) electrons. The number of aryl methyl sites for hydroxylation is 3. The highest BCUT2D eigenvalue weighted by molar-refractivity contribution is 5.95. The third-order valence-electron chi connectivity index (χ3n) is 4.30. The Hall–Kier alpha value is -2.43. The Morgan fingerprint density at radius 1 is 1.21 bits per heavy atom. The van der Waals surface area contributed by atoms with Gasteiger partial charge in [0.25, 0.3) is 0 Å². The summed E-state index contributed by atoms with van der Waals surface area (Å²) in [6.07, 6.45) is 1.39. The van der Waals surface area contributed by atoms with Crippen LogP contribution in [0.4, 0.5) is 20.2 Å². The molecule has 0 aliphatic carbocycles. The first-order valence-corrected chi connectivity index (χ1v) is 8.04. The fourth-order valence-electron chi connectivity index (χ4n) is 3.13. The first-order valence-electron chi connectivity index (χ1n) is 8.04. The van der Waals surface area contributed by atoms with Crippen LogP contribution >= 0.6 is 0 Å². The Morgan fingerprint density at radius 2 is 2.00 bits per heavy atom. The van der Waals surface area contributed by atoms with E-state index in [0.29, 0.717) is 24.2 Å². The molecular formula is C19H20F2N2O. The normalized spacial score (nSPS) is 13.6. The number of anilines is 2. The molecule has 1 aliphatic heterocycles. The van der Waals surface area contributed by atoms with Gasteiger partial charge >= 0.3 is 0 Å². The van der Waals surface area contributed by atoms with Crippen LogP contribution in [0.1, 0.15) is 23.1 Å². The van der Waals surface area contributed by atoms with Crippen LogP contribution in [-0.2, 0) is 11.2 Å². The minimum absolute atomic E-state index is 0.0446. The van der Waals surface area contributed by atoms with Gasteiger partial charge in [0.15, 0.2) is 0 Å². The molecule has 3 rings (SSSR count). The number of fused-ring (bicyclic) bond motifs is 1. The second-order valence-electron chi connectivity index (χ2n) is 6.29. The topological polar surface area (TPSA) is 32.3 Å². The molecule has 0 atom stereocenters. The third kappa shape index (κ3) is 3.40. The van der Waals surface area contributed by atoms with Crippen molar-refractivity contribution in [1.29, 1.82) is 0 Å². The van der Waals surface area contributed by atoms with Crippen LogP contribution in [0.2, 0.25) is 0 Å². The molecule has 1 aliphatic rings. The standard InChI is InChI=1S/C19H20F2N2O/c1-12-5-6-13(2)17(8-12)22-18(24)11-23-7-3-4-14-9-15(20)10-16(21)19(14)23/h5-6,8-10H,3-4,7,11H2,1-2H3,(H,22,24). The van der Waals surface area contributed by atoms with Crippen molar-refractivity contribution in [1.82, 2.24) is 0 Å². The molecule has 2 aromatic rings. The SMILES string of the molecule is Cc1ccc(C)c(NC(=O)CN2CCCc3cc(F)cc(F)c32)c1. The van der Waals surface area contributed by atoms with Gasteiger partial charge in [0.2, 0.25) is 5.91 Å². The summed E-state index contributed by atoms with van der Waals surface area (Å²) in [4.78, 5) is 14.1. The molecule has 0 saturated carbocycles. The molecule has 0 spiro atoms. The second-order valence-corrected chi connectivity index (χ2v) is 6.29. The molecule has 1 heterocycles. The molecule has 0 bridgehead atoms. The Balaban J connectivity index is 1.78. The van der Waals surface area contributed by atoms with Crippen LogP contribution in [0.25, 0.3) is 0 Å². The number of carbonyl (C=O) groups excluding carboxylic acids is 1. The summed E-state index contributed by atoms with van der Waals surface area (Å²) in [5.41, 5.74) is 3.76. The van der Waals surface area contributed by atoms with Crippen molar-refractivity contribution < 1.29 is 13.6 Å². The van der Waals surface area contributed by atoms with Crippen LogP contribution in [0, 0.1) is 25.5 Å². The lowest BCUT2D eigenvalue weighted by molar-refractivity contribution is -0.115. The van der Waals surface area contributed by atoms with Crippen molar-refractivity contribution in [3.8, 4) is 0 Å². The number of halogens is 2. The van der Waals surface area contributed by atoms with E-state index in [0.717, 1.165) is 29.3 Å². The van der Waals surface area contributed by atoms with E-state index in [2.05, 4.69) is 5.32 Å². The summed E-state index contributed by atoms with van der Waals surface area (Å²) in [7, 11) is 0. The molecule has 0 saturated heterocycles. The number of amides is 1. The summed E-state index contributed by atoms with van der Waals surface area (Å²) in [5.74, 6) is -1.39. The van der Waals surface area contributed by atoms with Crippen LogP contribution in [0.15, 0.2) is 30.3 Å². The lowest BCUT2D eigenvalue weighted by atomic mass is 10.0. The van der Waals surface area contributed by atoms with Gasteiger partial charge in [-0.3, -0.25) is 4.79 Å². The zero-order valence-corrected chi connectivity index (χ0v) is 13.8. The number of rotatable bonds is 3. The molecule has 24 heavy (non-hydrogen) atoms. The fourth-order valence-corrected chi connectivity index (χ4v) is 3.13. The maximum Gasteiger partial charge on any atom is 0.243 e. The number of nitrogens with zero attached hydrogens (tertiary/aromatic N) is 1. The van der Waals surface area contributed by atoms with Crippen molar-refractivity contribution in [3.05, 3.63) is 58.7 Å². The number of carbonyl (C=O) groups is 1. The Bertz CT molecular complexity index is 789. The monoisotopic (exact) mass is 330 g/mol. The van der Waals surface area contributed by atoms with Gasteiger partial charge in [-0.1, -0.05) is 12.1 Å². The average molecular weight is 330 g/mol. The van der Waals surface area contributed by atoms with Gasteiger partial charge in [-0.15, -0.1) is 0 Å². The molecule has 0 fully saturated rings. The van der Waals surface area contributed by atoms with E-state index in [1.165, 1.54) is 6.07 Å². The van der Waals surface area contributed by atoms with Crippen molar-refractivity contribution in [2.45, 2.75) is 26.7 Å². The van der Waals surface area contributed by atoms with E-state index < -0.39 is 11.6 Å². The van der Waals surface area contributed by atoms with Gasteiger partial charge in [0.05, 0.1) is 12.2 Å². The predicted octanol–water partition coefficient (Wildman–Crippen LogP) is 3.97. The summed E-state index contributed by atoms with van der Waals surface area (Å²) >= 11 is 0. The van der Waals surface area contributed by atoms with E-state index in [9.17, 15) is 13.6 Å². The van der Waals surface area contributed by atoms with Gasteiger partial charge in [-0.05, 0) is 55.5 Å². The Morgan fingerprint density at radius 3 is 2.79 bits per heavy atom. The minimum atomic E-state index is -0.607. The Labute approximate surface area is 140 Å². The molecule has 1 amide bonds. The third-order valence-corrected chi connectivity index (χ3v) is 4.30. The quantitative estimate of drug-likeness (QED) is 0.923. The molecule has 2 aromatic carbocycles. The first-order chi connectivity index (χ1) is 11.4. The molecule has 0 aromatic heterocycles. The second kappa shape index (κ2) is 6.59. The maximum atomic E-state index is 14.2. The molecule has 126 valence electrons. The number of hydrogen-bond donors (Lipinski definition) is 1. The summed E-state index contributed by atoms with van der Waals surface area (Å²) in [6, 6.07) is 8.07. The van der Waals surface area contributed by atoms with E-state index in [-0.39, 0.29) is 12.5 Å².